The van der Waals surface area contributed by atoms with Gasteiger partial charge < -0.3 is 5.73 Å². The van der Waals surface area contributed by atoms with Crippen molar-refractivity contribution in [1.29, 1.82) is 0 Å². The van der Waals surface area contributed by atoms with Crippen molar-refractivity contribution in [2.24, 2.45) is 11.7 Å². The maximum Gasteiger partial charge on any atom is 0.128 e. The molecule has 0 bridgehead atoms. The fraction of sp³-hybridized carbons (Fsp3) is 0.455. The first-order chi connectivity index (χ1) is 6.43. The summed E-state index contributed by atoms with van der Waals surface area (Å²) in [5.74, 6) is -0.741. The second-order valence-electron chi connectivity index (χ2n) is 3.89. The Morgan fingerprint density at radius 1 is 1.14 bits per heavy atom. The number of halogens is 2. The Hall–Kier alpha value is -0.960. The summed E-state index contributed by atoms with van der Waals surface area (Å²) < 4.78 is 26.6. The zero-order valence-corrected chi connectivity index (χ0v) is 8.64. The highest BCUT2D eigenvalue weighted by molar-refractivity contribution is 5.27. The third kappa shape index (κ3) is 2.10. The van der Waals surface area contributed by atoms with E-state index < -0.39 is 17.7 Å². The first kappa shape index (κ1) is 11.1. The van der Waals surface area contributed by atoms with E-state index in [1.165, 1.54) is 19.1 Å². The molecule has 0 saturated carbocycles. The fourth-order valence-corrected chi connectivity index (χ4v) is 1.28. The number of nitrogens with two attached hydrogens (primary N) is 1. The van der Waals surface area contributed by atoms with Crippen LogP contribution in [0.3, 0.4) is 0 Å². The van der Waals surface area contributed by atoms with Crippen molar-refractivity contribution < 1.29 is 8.78 Å². The second-order valence-corrected chi connectivity index (χ2v) is 3.89. The summed E-state index contributed by atoms with van der Waals surface area (Å²) in [5, 5.41) is 0. The van der Waals surface area contributed by atoms with E-state index in [0.717, 1.165) is 0 Å². The first-order valence-corrected chi connectivity index (χ1v) is 4.64. The molecule has 1 unspecified atom stereocenters. The molecule has 0 aliphatic carbocycles. The van der Waals surface area contributed by atoms with Crippen LogP contribution in [0.2, 0.25) is 0 Å². The molecule has 0 amide bonds. The predicted molar refractivity (Wildman–Crippen MR) is 52.9 cm³/mol. The summed E-state index contributed by atoms with van der Waals surface area (Å²) in [6.07, 6.45) is 0. The highest BCUT2D eigenvalue weighted by Gasteiger charge is 2.16. The van der Waals surface area contributed by atoms with Crippen LogP contribution in [0.5, 0.6) is 0 Å². The molecule has 0 aliphatic heterocycles. The van der Waals surface area contributed by atoms with E-state index in [9.17, 15) is 8.78 Å². The summed E-state index contributed by atoms with van der Waals surface area (Å²) in [7, 11) is 0. The standard InChI is InChI=1S/C11H15F2N/c1-6(2)11(14)8-5-9(12)7(3)4-10(8)13/h4-6,11H,14H2,1-3H3. The van der Waals surface area contributed by atoms with Gasteiger partial charge in [0.15, 0.2) is 0 Å². The van der Waals surface area contributed by atoms with Crippen LogP contribution in [-0.2, 0) is 0 Å². The lowest BCUT2D eigenvalue weighted by molar-refractivity contribution is 0.478. The molecule has 14 heavy (non-hydrogen) atoms. The second kappa shape index (κ2) is 4.05. The number of benzene rings is 1. The SMILES string of the molecule is Cc1cc(F)c(C(N)C(C)C)cc1F. The van der Waals surface area contributed by atoms with Crippen molar-refractivity contribution in [3.05, 3.63) is 34.9 Å². The van der Waals surface area contributed by atoms with Crippen LogP contribution in [0, 0.1) is 24.5 Å². The number of hydrogen-bond donors (Lipinski definition) is 1. The molecular weight excluding hydrogens is 184 g/mol. The van der Waals surface area contributed by atoms with Crippen molar-refractivity contribution in [3.8, 4) is 0 Å². The van der Waals surface area contributed by atoms with Gasteiger partial charge in [-0.05, 0) is 30.5 Å². The van der Waals surface area contributed by atoms with Gasteiger partial charge in [-0.25, -0.2) is 8.78 Å². The van der Waals surface area contributed by atoms with E-state index in [1.807, 2.05) is 13.8 Å². The summed E-state index contributed by atoms with van der Waals surface area (Å²) in [5.41, 5.74) is 6.31. The third-order valence-corrected chi connectivity index (χ3v) is 2.36. The Morgan fingerprint density at radius 2 is 1.71 bits per heavy atom. The molecular formula is C11H15F2N. The van der Waals surface area contributed by atoms with Crippen molar-refractivity contribution in [3.63, 3.8) is 0 Å². The molecule has 2 N–H and O–H groups in total. The molecule has 0 saturated heterocycles. The van der Waals surface area contributed by atoms with E-state index in [2.05, 4.69) is 0 Å². The average molecular weight is 199 g/mol. The van der Waals surface area contributed by atoms with Gasteiger partial charge in [0, 0.05) is 11.6 Å². The minimum Gasteiger partial charge on any atom is -0.324 e. The summed E-state index contributed by atoms with van der Waals surface area (Å²) in [6, 6.07) is 1.92. The molecule has 0 aliphatic rings. The van der Waals surface area contributed by atoms with Crippen LogP contribution in [-0.4, -0.2) is 0 Å². The lowest BCUT2D eigenvalue weighted by Gasteiger charge is -2.17. The van der Waals surface area contributed by atoms with Crippen LogP contribution < -0.4 is 5.73 Å². The van der Waals surface area contributed by atoms with Gasteiger partial charge in [0.25, 0.3) is 0 Å². The highest BCUT2D eigenvalue weighted by Crippen LogP contribution is 2.24. The Kier molecular flexibility index (Phi) is 3.21. The van der Waals surface area contributed by atoms with E-state index >= 15 is 0 Å². The Morgan fingerprint density at radius 3 is 2.21 bits per heavy atom. The highest BCUT2D eigenvalue weighted by atomic mass is 19.1. The topological polar surface area (TPSA) is 26.0 Å². The number of rotatable bonds is 2. The maximum absolute atomic E-state index is 13.4. The molecule has 0 heterocycles. The Bertz CT molecular complexity index is 334. The zero-order valence-electron chi connectivity index (χ0n) is 8.64. The average Bonchev–Trinajstić information content (AvgIpc) is 2.10. The molecule has 0 fully saturated rings. The van der Waals surface area contributed by atoms with E-state index in [0.29, 0.717) is 5.56 Å². The van der Waals surface area contributed by atoms with Crippen LogP contribution in [0.25, 0.3) is 0 Å². The van der Waals surface area contributed by atoms with Crippen LogP contribution in [0.1, 0.15) is 31.0 Å². The normalized spacial score (nSPS) is 13.4. The van der Waals surface area contributed by atoms with Crippen molar-refractivity contribution in [2.45, 2.75) is 26.8 Å². The Labute approximate surface area is 82.9 Å². The van der Waals surface area contributed by atoms with E-state index in [-0.39, 0.29) is 11.5 Å². The van der Waals surface area contributed by atoms with Gasteiger partial charge in [-0.1, -0.05) is 13.8 Å². The van der Waals surface area contributed by atoms with Crippen LogP contribution >= 0.6 is 0 Å². The quantitative estimate of drug-likeness (QED) is 0.778. The van der Waals surface area contributed by atoms with Crippen molar-refractivity contribution in [2.75, 3.05) is 0 Å². The minimum atomic E-state index is -0.454. The summed E-state index contributed by atoms with van der Waals surface area (Å²) in [6.45, 7) is 5.28. The third-order valence-electron chi connectivity index (χ3n) is 2.36. The minimum absolute atomic E-state index is 0.0895. The van der Waals surface area contributed by atoms with Crippen LogP contribution in [0.4, 0.5) is 8.78 Å². The zero-order chi connectivity index (χ0) is 10.9. The molecule has 0 aromatic heterocycles. The molecule has 3 heteroatoms. The van der Waals surface area contributed by atoms with Gasteiger partial charge in [-0.2, -0.15) is 0 Å². The maximum atomic E-state index is 13.4. The van der Waals surface area contributed by atoms with E-state index in [1.54, 1.807) is 0 Å². The predicted octanol–water partition coefficient (Wildman–Crippen LogP) is 2.93. The molecule has 1 aromatic carbocycles. The molecule has 0 radical (unpaired) electrons. The van der Waals surface area contributed by atoms with Crippen molar-refractivity contribution >= 4 is 0 Å². The van der Waals surface area contributed by atoms with Gasteiger partial charge in [0.05, 0.1) is 0 Å². The van der Waals surface area contributed by atoms with Gasteiger partial charge in [0.1, 0.15) is 11.6 Å². The molecule has 0 spiro atoms. The summed E-state index contributed by atoms with van der Waals surface area (Å²) >= 11 is 0. The lowest BCUT2D eigenvalue weighted by atomic mass is 9.95. The fourth-order valence-electron chi connectivity index (χ4n) is 1.28. The van der Waals surface area contributed by atoms with Gasteiger partial charge in [0.2, 0.25) is 0 Å². The largest absolute Gasteiger partial charge is 0.324 e. The van der Waals surface area contributed by atoms with E-state index in [4.69, 9.17) is 5.73 Å². The monoisotopic (exact) mass is 199 g/mol. The first-order valence-electron chi connectivity index (χ1n) is 4.64. The molecule has 1 nitrogen and oxygen atoms in total. The Balaban J connectivity index is 3.15. The molecule has 1 aromatic rings. The lowest BCUT2D eigenvalue weighted by Crippen LogP contribution is -2.18. The van der Waals surface area contributed by atoms with Gasteiger partial charge in [-0.15, -0.1) is 0 Å². The van der Waals surface area contributed by atoms with Gasteiger partial charge >= 0.3 is 0 Å². The number of aryl methyl sites for hydroxylation is 1. The smallest absolute Gasteiger partial charge is 0.128 e. The molecule has 78 valence electrons. The van der Waals surface area contributed by atoms with Gasteiger partial charge in [-0.3, -0.25) is 0 Å². The molecule has 1 atom stereocenters. The van der Waals surface area contributed by atoms with Crippen molar-refractivity contribution in [1.82, 2.24) is 0 Å². The molecule has 1 rings (SSSR count). The summed E-state index contributed by atoms with van der Waals surface area (Å²) in [4.78, 5) is 0. The van der Waals surface area contributed by atoms with Crippen LogP contribution in [0.15, 0.2) is 12.1 Å². The number of hydrogen-bond acceptors (Lipinski definition) is 1.